The van der Waals surface area contributed by atoms with Gasteiger partial charge in [0.05, 0.1) is 0 Å². The molecule has 0 fully saturated rings. The average molecular weight is 215 g/mol. The molecule has 4 heteroatoms. The number of rotatable bonds is 3. The fourth-order valence-corrected chi connectivity index (χ4v) is 1.29. The van der Waals surface area contributed by atoms with Crippen LogP contribution in [0.25, 0.3) is 0 Å². The average Bonchev–Trinajstić information content (AvgIpc) is 2.15. The molecule has 1 aromatic carbocycles. The van der Waals surface area contributed by atoms with E-state index in [0.717, 1.165) is 0 Å². The molecule has 1 aromatic rings. The highest BCUT2D eigenvalue weighted by molar-refractivity contribution is 6.31. The van der Waals surface area contributed by atoms with E-state index in [4.69, 9.17) is 11.6 Å². The van der Waals surface area contributed by atoms with Crippen LogP contribution in [0.4, 0.5) is 0 Å². The van der Waals surface area contributed by atoms with Gasteiger partial charge < -0.3 is 9.84 Å². The van der Waals surface area contributed by atoms with Crippen molar-refractivity contribution in [1.29, 1.82) is 0 Å². The molecule has 0 aliphatic carbocycles. The number of esters is 1. The molecular formula is C10H11ClO3. The van der Waals surface area contributed by atoms with E-state index in [0.29, 0.717) is 10.6 Å². The maximum atomic E-state index is 10.5. The number of carbonyl (C=O) groups is 1. The van der Waals surface area contributed by atoms with Gasteiger partial charge in [0.25, 0.3) is 0 Å². The fraction of sp³-hybridized carbons (Fsp3) is 0.300. The van der Waals surface area contributed by atoms with Gasteiger partial charge in [0, 0.05) is 17.5 Å². The summed E-state index contributed by atoms with van der Waals surface area (Å²) in [5.41, 5.74) is 0.565. The highest BCUT2D eigenvalue weighted by Crippen LogP contribution is 2.22. The number of benzene rings is 1. The van der Waals surface area contributed by atoms with Crippen LogP contribution in [0.5, 0.6) is 0 Å². The van der Waals surface area contributed by atoms with E-state index in [1.54, 1.807) is 24.3 Å². The molecule has 14 heavy (non-hydrogen) atoms. The predicted molar refractivity (Wildman–Crippen MR) is 53.0 cm³/mol. The van der Waals surface area contributed by atoms with Gasteiger partial charge in [-0.1, -0.05) is 29.8 Å². The molecule has 1 N–H and O–H groups in total. The van der Waals surface area contributed by atoms with Gasteiger partial charge in [0.1, 0.15) is 12.7 Å². The van der Waals surface area contributed by atoms with Crippen LogP contribution in [-0.2, 0) is 9.53 Å². The first-order valence-corrected chi connectivity index (χ1v) is 4.55. The topological polar surface area (TPSA) is 46.5 Å². The molecule has 1 atom stereocenters. The second kappa shape index (κ2) is 4.98. The number of halogens is 1. The summed E-state index contributed by atoms with van der Waals surface area (Å²) in [6.45, 7) is 1.22. The molecule has 0 aliphatic rings. The molecule has 0 aromatic heterocycles. The van der Waals surface area contributed by atoms with E-state index in [1.165, 1.54) is 6.92 Å². The second-order valence-corrected chi connectivity index (χ2v) is 3.25. The Morgan fingerprint density at radius 3 is 2.79 bits per heavy atom. The number of carbonyl (C=O) groups excluding carboxylic acids is 1. The maximum absolute atomic E-state index is 10.5. The van der Waals surface area contributed by atoms with Gasteiger partial charge in [-0.25, -0.2) is 0 Å². The van der Waals surface area contributed by atoms with Gasteiger partial charge in [-0.3, -0.25) is 4.79 Å². The summed E-state index contributed by atoms with van der Waals surface area (Å²) >= 11 is 5.83. The number of hydrogen-bond acceptors (Lipinski definition) is 3. The normalized spacial score (nSPS) is 12.2. The summed E-state index contributed by atoms with van der Waals surface area (Å²) in [5.74, 6) is -0.420. The molecule has 0 heterocycles. The molecule has 0 amide bonds. The maximum Gasteiger partial charge on any atom is 0.302 e. The van der Waals surface area contributed by atoms with Crippen molar-refractivity contribution in [3.8, 4) is 0 Å². The summed E-state index contributed by atoms with van der Waals surface area (Å²) < 4.78 is 4.67. The van der Waals surface area contributed by atoms with Crippen LogP contribution in [-0.4, -0.2) is 17.7 Å². The Bertz CT molecular complexity index is 325. The second-order valence-electron chi connectivity index (χ2n) is 2.84. The van der Waals surface area contributed by atoms with Crippen molar-refractivity contribution in [2.75, 3.05) is 6.61 Å². The van der Waals surface area contributed by atoms with Gasteiger partial charge >= 0.3 is 5.97 Å². The van der Waals surface area contributed by atoms with Crippen molar-refractivity contribution in [3.63, 3.8) is 0 Å². The quantitative estimate of drug-likeness (QED) is 0.783. The number of ether oxygens (including phenoxy) is 1. The Labute approximate surface area is 87.3 Å². The third kappa shape index (κ3) is 3.01. The summed E-state index contributed by atoms with van der Waals surface area (Å²) in [7, 11) is 0. The van der Waals surface area contributed by atoms with Gasteiger partial charge in [0.15, 0.2) is 0 Å². The molecule has 0 bridgehead atoms. The lowest BCUT2D eigenvalue weighted by Crippen LogP contribution is -2.10. The van der Waals surface area contributed by atoms with Crippen LogP contribution in [0.1, 0.15) is 18.6 Å². The summed E-state index contributed by atoms with van der Waals surface area (Å²) in [4.78, 5) is 10.5. The van der Waals surface area contributed by atoms with E-state index in [-0.39, 0.29) is 6.61 Å². The Morgan fingerprint density at radius 1 is 1.57 bits per heavy atom. The van der Waals surface area contributed by atoms with Gasteiger partial charge in [-0.2, -0.15) is 0 Å². The van der Waals surface area contributed by atoms with Gasteiger partial charge in [-0.15, -0.1) is 0 Å². The van der Waals surface area contributed by atoms with Crippen molar-refractivity contribution in [2.24, 2.45) is 0 Å². The van der Waals surface area contributed by atoms with Gasteiger partial charge in [-0.05, 0) is 6.07 Å². The first kappa shape index (κ1) is 11.0. The highest BCUT2D eigenvalue weighted by atomic mass is 35.5. The smallest absolute Gasteiger partial charge is 0.302 e. The molecule has 3 nitrogen and oxygen atoms in total. The zero-order chi connectivity index (χ0) is 10.6. The van der Waals surface area contributed by atoms with E-state index in [9.17, 15) is 9.90 Å². The molecule has 76 valence electrons. The summed E-state index contributed by atoms with van der Waals surface area (Å²) in [6, 6.07) is 6.90. The van der Waals surface area contributed by atoms with E-state index in [2.05, 4.69) is 4.74 Å². The number of aliphatic hydroxyl groups excluding tert-OH is 1. The number of hydrogen-bond donors (Lipinski definition) is 1. The van der Waals surface area contributed by atoms with Crippen molar-refractivity contribution in [1.82, 2.24) is 0 Å². The highest BCUT2D eigenvalue weighted by Gasteiger charge is 2.11. The van der Waals surface area contributed by atoms with Crippen LogP contribution < -0.4 is 0 Å². The Balaban J connectivity index is 2.65. The van der Waals surface area contributed by atoms with E-state index >= 15 is 0 Å². The van der Waals surface area contributed by atoms with Gasteiger partial charge in [0.2, 0.25) is 0 Å². The lowest BCUT2D eigenvalue weighted by molar-refractivity contribution is -0.144. The standard InChI is InChI=1S/C10H11ClO3/c1-7(12)14-6-10(13)8-4-2-3-5-9(8)11/h2-5,10,13H,6H2,1H3. The number of aliphatic hydroxyl groups is 1. The Hall–Kier alpha value is -1.06. The first-order chi connectivity index (χ1) is 6.61. The van der Waals surface area contributed by atoms with Crippen molar-refractivity contribution < 1.29 is 14.6 Å². The van der Waals surface area contributed by atoms with Crippen molar-refractivity contribution >= 4 is 17.6 Å². The molecule has 1 rings (SSSR count). The molecule has 0 radical (unpaired) electrons. The SMILES string of the molecule is CC(=O)OCC(O)c1ccccc1Cl. The zero-order valence-electron chi connectivity index (χ0n) is 7.74. The van der Waals surface area contributed by atoms with Crippen LogP contribution in [0.3, 0.4) is 0 Å². The van der Waals surface area contributed by atoms with Crippen molar-refractivity contribution in [3.05, 3.63) is 34.9 Å². The van der Waals surface area contributed by atoms with E-state index < -0.39 is 12.1 Å². The minimum absolute atomic E-state index is 0.0704. The predicted octanol–water partition coefficient (Wildman–Crippen LogP) is 1.94. The largest absolute Gasteiger partial charge is 0.463 e. The summed E-state index contributed by atoms with van der Waals surface area (Å²) in [6.07, 6.45) is -0.868. The van der Waals surface area contributed by atoms with Crippen molar-refractivity contribution in [2.45, 2.75) is 13.0 Å². The molecular weight excluding hydrogens is 204 g/mol. The fourth-order valence-electron chi connectivity index (χ4n) is 1.03. The molecule has 1 unspecified atom stereocenters. The van der Waals surface area contributed by atoms with Crippen LogP contribution in [0, 0.1) is 0 Å². The minimum Gasteiger partial charge on any atom is -0.463 e. The zero-order valence-corrected chi connectivity index (χ0v) is 8.49. The third-order valence-corrected chi connectivity index (χ3v) is 2.05. The third-order valence-electron chi connectivity index (χ3n) is 1.71. The molecule has 0 spiro atoms. The molecule has 0 aliphatic heterocycles. The van der Waals surface area contributed by atoms with Crippen LogP contribution in [0.15, 0.2) is 24.3 Å². The molecule has 0 saturated heterocycles. The van der Waals surface area contributed by atoms with Crippen LogP contribution in [0.2, 0.25) is 5.02 Å². The Kier molecular flexibility index (Phi) is 3.92. The monoisotopic (exact) mass is 214 g/mol. The summed E-state index contributed by atoms with van der Waals surface area (Å²) in [5, 5.41) is 10.1. The van der Waals surface area contributed by atoms with Crippen LogP contribution >= 0.6 is 11.6 Å². The lowest BCUT2D eigenvalue weighted by atomic mass is 10.1. The minimum atomic E-state index is -0.868. The Morgan fingerprint density at radius 2 is 2.21 bits per heavy atom. The van der Waals surface area contributed by atoms with E-state index in [1.807, 2.05) is 0 Å². The first-order valence-electron chi connectivity index (χ1n) is 4.17. The lowest BCUT2D eigenvalue weighted by Gasteiger charge is -2.11. The molecule has 0 saturated carbocycles.